The molecule has 1 N–H and O–H groups in total. The van der Waals surface area contributed by atoms with Crippen molar-refractivity contribution >= 4 is 28.3 Å². The Morgan fingerprint density at radius 1 is 1.04 bits per heavy atom. The minimum absolute atomic E-state index is 0.0769. The lowest BCUT2D eigenvalue weighted by atomic mass is 9.87. The molecule has 6 rings (SSSR count). The van der Waals surface area contributed by atoms with Crippen molar-refractivity contribution in [3.63, 3.8) is 0 Å². The predicted octanol–water partition coefficient (Wildman–Crippen LogP) is 6.37. The van der Waals surface area contributed by atoms with Crippen LogP contribution in [0.4, 0.5) is 17.6 Å². The van der Waals surface area contributed by atoms with Crippen LogP contribution < -0.4 is 9.47 Å². The van der Waals surface area contributed by atoms with Gasteiger partial charge in [-0.15, -0.1) is 5.10 Å². The SMILES string of the molecule is CCOc1nnc(COc2nc(-c3cc(F)c(Cc4nc5c(F)cc(C(=O)O)cc5n4[C@@H]4COCC4(C)C)cc3F)ccc2F)s1. The summed E-state index contributed by atoms with van der Waals surface area (Å²) >= 11 is 1.11. The third-order valence-electron chi connectivity index (χ3n) is 7.66. The Hall–Kier alpha value is -4.63. The molecule has 0 spiro atoms. The van der Waals surface area contributed by atoms with Gasteiger partial charge >= 0.3 is 5.97 Å². The second-order valence-corrected chi connectivity index (χ2v) is 12.3. The standard InChI is InChI=1S/C31H27F4N5O5S/c1-4-44-30-39-38-26(46-30)13-45-28-18(32)5-6-22(36-28)17-11-19(33)15(7-20(17)34)10-25-37-27-21(35)8-16(29(41)42)9-23(27)40(25)24-12-43-14-31(24,2)3/h5-9,11,24H,4,10,12-14H2,1-3H3,(H,41,42)/t24-/m1/s1. The molecule has 0 unspecified atom stereocenters. The van der Waals surface area contributed by atoms with E-state index in [2.05, 4.69) is 20.2 Å². The molecule has 0 aliphatic carbocycles. The van der Waals surface area contributed by atoms with Gasteiger partial charge in [0.15, 0.2) is 16.6 Å². The molecule has 1 atom stereocenters. The van der Waals surface area contributed by atoms with Gasteiger partial charge in [-0.05, 0) is 48.9 Å². The van der Waals surface area contributed by atoms with E-state index in [9.17, 15) is 14.3 Å². The lowest BCUT2D eigenvalue weighted by Crippen LogP contribution is -2.27. The number of aromatic nitrogens is 5. The molecule has 0 radical (unpaired) electrons. The highest BCUT2D eigenvalue weighted by atomic mass is 32.1. The van der Waals surface area contributed by atoms with Crippen molar-refractivity contribution in [2.45, 2.75) is 39.8 Å². The van der Waals surface area contributed by atoms with Crippen LogP contribution in [-0.2, 0) is 17.8 Å². The first-order valence-corrected chi connectivity index (χ1v) is 15.0. The largest absolute Gasteiger partial charge is 0.478 e. The average molecular weight is 658 g/mol. The number of halogens is 4. The maximum Gasteiger partial charge on any atom is 0.335 e. The van der Waals surface area contributed by atoms with Crippen molar-refractivity contribution in [3.05, 3.63) is 81.6 Å². The lowest BCUT2D eigenvalue weighted by Gasteiger charge is -2.28. The number of aromatic carboxylic acids is 1. The molecule has 10 nitrogen and oxygen atoms in total. The maximum atomic E-state index is 15.6. The molecule has 1 fully saturated rings. The van der Waals surface area contributed by atoms with Gasteiger partial charge in [0.05, 0.1) is 42.6 Å². The average Bonchev–Trinajstić information content (AvgIpc) is 3.70. The van der Waals surface area contributed by atoms with Crippen LogP contribution in [0.2, 0.25) is 0 Å². The fourth-order valence-electron chi connectivity index (χ4n) is 5.35. The molecule has 0 saturated carbocycles. The van der Waals surface area contributed by atoms with E-state index in [1.165, 1.54) is 12.1 Å². The van der Waals surface area contributed by atoms with Gasteiger partial charge in [-0.25, -0.2) is 32.3 Å². The molecule has 4 heterocycles. The van der Waals surface area contributed by atoms with Crippen LogP contribution in [-0.4, -0.2) is 55.6 Å². The monoisotopic (exact) mass is 657 g/mol. The molecule has 240 valence electrons. The highest BCUT2D eigenvalue weighted by Gasteiger charge is 2.39. The fraction of sp³-hybridized carbons (Fsp3) is 0.323. The van der Waals surface area contributed by atoms with E-state index < -0.39 is 46.6 Å². The number of hydrogen-bond acceptors (Lipinski definition) is 9. The van der Waals surface area contributed by atoms with E-state index in [0.29, 0.717) is 23.4 Å². The molecule has 3 aromatic heterocycles. The van der Waals surface area contributed by atoms with Crippen molar-refractivity contribution in [1.82, 2.24) is 24.7 Å². The van der Waals surface area contributed by atoms with Crippen LogP contribution in [0.3, 0.4) is 0 Å². The molecular weight excluding hydrogens is 630 g/mol. The summed E-state index contributed by atoms with van der Waals surface area (Å²) in [6, 6.07) is 5.93. The molecule has 15 heteroatoms. The zero-order valence-electron chi connectivity index (χ0n) is 24.8. The molecule has 46 heavy (non-hydrogen) atoms. The highest BCUT2D eigenvalue weighted by Crippen LogP contribution is 2.41. The van der Waals surface area contributed by atoms with Crippen LogP contribution in [0, 0.1) is 28.7 Å². The topological polar surface area (TPSA) is 121 Å². The normalized spacial score (nSPS) is 15.8. The quantitative estimate of drug-likeness (QED) is 0.171. The van der Waals surface area contributed by atoms with Crippen molar-refractivity contribution in [2.24, 2.45) is 5.41 Å². The van der Waals surface area contributed by atoms with E-state index in [4.69, 9.17) is 14.2 Å². The molecule has 0 amide bonds. The number of nitrogens with zero attached hydrogens (tertiary/aromatic N) is 5. The Labute approximate surface area is 263 Å². The van der Waals surface area contributed by atoms with Gasteiger partial charge in [-0.3, -0.25) is 0 Å². The van der Waals surface area contributed by atoms with E-state index in [1.807, 2.05) is 13.8 Å². The molecule has 0 bridgehead atoms. The summed E-state index contributed by atoms with van der Waals surface area (Å²) in [6.07, 6.45) is -0.247. The Kier molecular flexibility index (Phi) is 8.37. The Bertz CT molecular complexity index is 1960. The Morgan fingerprint density at radius 3 is 2.57 bits per heavy atom. The van der Waals surface area contributed by atoms with Crippen LogP contribution >= 0.6 is 11.3 Å². The number of pyridine rings is 1. The molecular formula is C31H27F4N5O5S. The minimum atomic E-state index is -1.32. The summed E-state index contributed by atoms with van der Waals surface area (Å²) in [7, 11) is 0. The highest BCUT2D eigenvalue weighted by molar-refractivity contribution is 7.13. The maximum absolute atomic E-state index is 15.6. The predicted molar refractivity (Wildman–Crippen MR) is 158 cm³/mol. The Morgan fingerprint density at radius 2 is 1.85 bits per heavy atom. The van der Waals surface area contributed by atoms with Gasteiger partial charge in [-0.1, -0.05) is 30.3 Å². The first kappa shape index (κ1) is 31.4. The molecule has 2 aromatic carbocycles. The van der Waals surface area contributed by atoms with E-state index in [1.54, 1.807) is 11.5 Å². The molecule has 5 aromatic rings. The van der Waals surface area contributed by atoms with Crippen molar-refractivity contribution in [3.8, 4) is 22.3 Å². The van der Waals surface area contributed by atoms with E-state index in [-0.39, 0.29) is 58.9 Å². The number of ether oxygens (including phenoxy) is 3. The van der Waals surface area contributed by atoms with Gasteiger partial charge in [0.2, 0.25) is 0 Å². The molecule has 1 saturated heterocycles. The zero-order chi connectivity index (χ0) is 32.7. The van der Waals surface area contributed by atoms with Crippen molar-refractivity contribution in [1.29, 1.82) is 0 Å². The smallest absolute Gasteiger partial charge is 0.335 e. The molecule has 1 aliphatic heterocycles. The van der Waals surface area contributed by atoms with Crippen LogP contribution in [0.25, 0.3) is 22.3 Å². The molecule has 1 aliphatic rings. The number of benzene rings is 2. The summed E-state index contributed by atoms with van der Waals surface area (Å²) < 4.78 is 78.9. The number of carboxylic acid groups (broad SMARTS) is 1. The van der Waals surface area contributed by atoms with E-state index in [0.717, 1.165) is 35.6 Å². The summed E-state index contributed by atoms with van der Waals surface area (Å²) in [5.74, 6) is -4.88. The van der Waals surface area contributed by atoms with E-state index >= 15 is 13.2 Å². The number of carboxylic acids is 1. The van der Waals surface area contributed by atoms with Crippen molar-refractivity contribution in [2.75, 3.05) is 19.8 Å². The summed E-state index contributed by atoms with van der Waals surface area (Å²) in [5, 5.41) is 18.0. The number of carbonyl (C=O) groups is 1. The number of hydrogen-bond donors (Lipinski definition) is 1. The number of fused-ring (bicyclic) bond motifs is 1. The van der Waals surface area contributed by atoms with Crippen LogP contribution in [0.1, 0.15) is 53.6 Å². The summed E-state index contributed by atoms with van der Waals surface area (Å²) in [5.41, 5.74) is -1.02. The van der Waals surface area contributed by atoms with Crippen LogP contribution in [0.15, 0.2) is 36.4 Å². The second-order valence-electron chi connectivity index (χ2n) is 11.3. The first-order chi connectivity index (χ1) is 21.9. The third kappa shape index (κ3) is 5.99. The summed E-state index contributed by atoms with van der Waals surface area (Å²) in [6.45, 7) is 6.49. The third-order valence-corrected chi connectivity index (χ3v) is 8.46. The fourth-order valence-corrected chi connectivity index (χ4v) is 6.01. The van der Waals surface area contributed by atoms with Gasteiger partial charge in [0, 0.05) is 17.4 Å². The lowest BCUT2D eigenvalue weighted by molar-refractivity contribution is 0.0696. The minimum Gasteiger partial charge on any atom is -0.478 e. The van der Waals surface area contributed by atoms with Gasteiger partial charge in [0.25, 0.3) is 11.1 Å². The van der Waals surface area contributed by atoms with Crippen LogP contribution in [0.5, 0.6) is 11.1 Å². The van der Waals surface area contributed by atoms with Crippen molar-refractivity contribution < 1.29 is 41.7 Å². The van der Waals surface area contributed by atoms with Gasteiger partial charge < -0.3 is 23.9 Å². The number of imidazole rings is 1. The Balaban J connectivity index is 1.33. The summed E-state index contributed by atoms with van der Waals surface area (Å²) in [4.78, 5) is 20.2. The van der Waals surface area contributed by atoms with Gasteiger partial charge in [-0.2, -0.15) is 0 Å². The second kappa shape index (κ2) is 12.3. The van der Waals surface area contributed by atoms with Gasteiger partial charge in [0.1, 0.15) is 29.6 Å². The zero-order valence-corrected chi connectivity index (χ0v) is 25.6. The number of rotatable bonds is 10. The first-order valence-electron chi connectivity index (χ1n) is 14.2.